The van der Waals surface area contributed by atoms with Crippen molar-refractivity contribution in [1.29, 1.82) is 0 Å². The molecular weight excluding hydrogens is 426 g/mol. The number of hydrogen-bond donors (Lipinski definition) is 1. The van der Waals surface area contributed by atoms with E-state index in [9.17, 15) is 18.0 Å². The fourth-order valence-corrected chi connectivity index (χ4v) is 5.08. The number of piperazine rings is 1. The lowest BCUT2D eigenvalue weighted by Crippen LogP contribution is -2.52. The van der Waals surface area contributed by atoms with Gasteiger partial charge in [-0.3, -0.25) is 9.59 Å². The third-order valence-corrected chi connectivity index (χ3v) is 7.85. The predicted molar refractivity (Wildman–Crippen MR) is 124 cm³/mol. The number of carbonyl (C=O) groups excluding carboxylic acids is 2. The molecule has 172 valence electrons. The number of hydrogen-bond acceptors (Lipinski definition) is 4. The highest BCUT2D eigenvalue weighted by atomic mass is 32.2. The lowest BCUT2D eigenvalue weighted by Gasteiger charge is -2.34. The summed E-state index contributed by atoms with van der Waals surface area (Å²) in [4.78, 5) is 26.4. The van der Waals surface area contributed by atoms with Crippen LogP contribution in [0, 0.1) is 0 Å². The Morgan fingerprint density at radius 2 is 1.59 bits per heavy atom. The van der Waals surface area contributed by atoms with Crippen molar-refractivity contribution in [1.82, 2.24) is 14.5 Å². The molecule has 8 heteroatoms. The highest BCUT2D eigenvalue weighted by molar-refractivity contribution is 7.89. The molecule has 1 atom stereocenters. The summed E-state index contributed by atoms with van der Waals surface area (Å²) in [5, 5.41) is 2.65. The van der Waals surface area contributed by atoms with Crippen molar-refractivity contribution in [3.05, 3.63) is 65.7 Å². The van der Waals surface area contributed by atoms with Gasteiger partial charge >= 0.3 is 0 Å². The molecule has 2 amide bonds. The topological polar surface area (TPSA) is 86.8 Å². The van der Waals surface area contributed by atoms with Crippen molar-refractivity contribution in [2.24, 2.45) is 0 Å². The first-order valence-corrected chi connectivity index (χ1v) is 12.4. The third kappa shape index (κ3) is 5.95. The summed E-state index contributed by atoms with van der Waals surface area (Å²) in [6.45, 7) is 5.21. The molecule has 0 spiro atoms. The van der Waals surface area contributed by atoms with Crippen LogP contribution in [0.5, 0.6) is 0 Å². The van der Waals surface area contributed by atoms with Crippen LogP contribution >= 0.6 is 0 Å². The molecule has 1 N–H and O–H groups in total. The molecule has 1 saturated heterocycles. The van der Waals surface area contributed by atoms with Crippen molar-refractivity contribution >= 4 is 21.8 Å². The smallest absolute Gasteiger partial charge is 0.243 e. The largest absolute Gasteiger partial charge is 0.347 e. The highest BCUT2D eigenvalue weighted by Crippen LogP contribution is 2.23. The maximum absolute atomic E-state index is 13.0. The van der Waals surface area contributed by atoms with E-state index in [2.05, 4.69) is 19.2 Å². The first-order valence-electron chi connectivity index (χ1n) is 11.0. The van der Waals surface area contributed by atoms with Crippen LogP contribution in [0.1, 0.15) is 37.3 Å². The zero-order chi connectivity index (χ0) is 23.1. The van der Waals surface area contributed by atoms with E-state index >= 15 is 0 Å². The summed E-state index contributed by atoms with van der Waals surface area (Å²) < 4.78 is 27.4. The molecule has 0 aromatic heterocycles. The third-order valence-electron chi connectivity index (χ3n) is 5.93. The molecule has 0 bridgehead atoms. The van der Waals surface area contributed by atoms with Crippen LogP contribution < -0.4 is 5.32 Å². The van der Waals surface area contributed by atoms with E-state index in [1.807, 2.05) is 42.5 Å². The minimum Gasteiger partial charge on any atom is -0.347 e. The first-order chi connectivity index (χ1) is 15.3. The second kappa shape index (κ2) is 10.7. The van der Waals surface area contributed by atoms with Crippen LogP contribution in [0.2, 0.25) is 0 Å². The Labute approximate surface area is 190 Å². The van der Waals surface area contributed by atoms with Crippen LogP contribution in [0.15, 0.2) is 59.5 Å². The SMILES string of the molecule is CCC(C)c1ccc(S(=O)(=O)N2CCN(C(=O)CNC(=O)Cc3ccccc3)CC2)cc1. The summed E-state index contributed by atoms with van der Waals surface area (Å²) in [5.41, 5.74) is 2.00. The minimum atomic E-state index is -3.60. The highest BCUT2D eigenvalue weighted by Gasteiger charge is 2.30. The molecule has 32 heavy (non-hydrogen) atoms. The molecule has 1 aliphatic rings. The Balaban J connectivity index is 1.49. The van der Waals surface area contributed by atoms with Gasteiger partial charge < -0.3 is 10.2 Å². The molecule has 1 heterocycles. The molecule has 0 saturated carbocycles. The lowest BCUT2D eigenvalue weighted by atomic mass is 9.99. The summed E-state index contributed by atoms with van der Waals surface area (Å²) >= 11 is 0. The van der Waals surface area contributed by atoms with Crippen LogP contribution in [-0.2, 0) is 26.0 Å². The average molecular weight is 458 g/mol. The molecule has 7 nitrogen and oxygen atoms in total. The number of nitrogens with zero attached hydrogens (tertiary/aromatic N) is 2. The Hall–Kier alpha value is -2.71. The van der Waals surface area contributed by atoms with Gasteiger partial charge in [-0.05, 0) is 35.6 Å². The number of sulfonamides is 1. The summed E-state index contributed by atoms with van der Waals surface area (Å²) in [6, 6.07) is 16.4. The fourth-order valence-electron chi connectivity index (χ4n) is 3.66. The zero-order valence-electron chi connectivity index (χ0n) is 18.7. The van der Waals surface area contributed by atoms with Gasteiger partial charge in [0.1, 0.15) is 0 Å². The van der Waals surface area contributed by atoms with Crippen LogP contribution in [0.3, 0.4) is 0 Å². The molecule has 3 rings (SSSR count). The van der Waals surface area contributed by atoms with Crippen LogP contribution in [-0.4, -0.2) is 62.2 Å². The van der Waals surface area contributed by atoms with Gasteiger partial charge in [0.25, 0.3) is 0 Å². The Kier molecular flexibility index (Phi) is 8.04. The standard InChI is InChI=1S/C24H31N3O4S/c1-3-19(2)21-9-11-22(12-10-21)32(30,31)27-15-13-26(14-16-27)24(29)18-25-23(28)17-20-7-5-4-6-8-20/h4-12,19H,3,13-18H2,1-2H3,(H,25,28). The number of carbonyl (C=O) groups is 2. The van der Waals surface area contributed by atoms with E-state index in [4.69, 9.17) is 0 Å². The van der Waals surface area contributed by atoms with Crippen molar-refractivity contribution in [3.8, 4) is 0 Å². The zero-order valence-corrected chi connectivity index (χ0v) is 19.5. The van der Waals surface area contributed by atoms with Crippen molar-refractivity contribution in [2.75, 3.05) is 32.7 Å². The maximum Gasteiger partial charge on any atom is 0.243 e. The van der Waals surface area contributed by atoms with Gasteiger partial charge in [-0.1, -0.05) is 56.3 Å². The fraction of sp³-hybridized carbons (Fsp3) is 0.417. The quantitative estimate of drug-likeness (QED) is 0.660. The summed E-state index contributed by atoms with van der Waals surface area (Å²) in [6.07, 6.45) is 1.21. The number of nitrogens with one attached hydrogen (secondary N) is 1. The molecule has 1 unspecified atom stereocenters. The molecule has 2 aromatic carbocycles. The van der Waals surface area contributed by atoms with E-state index in [-0.39, 0.29) is 42.8 Å². The number of rotatable bonds is 8. The second-order valence-electron chi connectivity index (χ2n) is 8.10. The summed E-state index contributed by atoms with van der Waals surface area (Å²) in [5.74, 6) is -0.0394. The predicted octanol–water partition coefficient (Wildman–Crippen LogP) is 2.39. The molecular formula is C24H31N3O4S. The van der Waals surface area contributed by atoms with Crippen molar-refractivity contribution < 1.29 is 18.0 Å². The average Bonchev–Trinajstić information content (AvgIpc) is 2.82. The van der Waals surface area contributed by atoms with E-state index < -0.39 is 10.0 Å². The Morgan fingerprint density at radius 1 is 0.969 bits per heavy atom. The van der Waals surface area contributed by atoms with Gasteiger partial charge in [0.15, 0.2) is 0 Å². The molecule has 2 aromatic rings. The van der Waals surface area contributed by atoms with E-state index in [0.29, 0.717) is 19.0 Å². The number of amides is 2. The molecule has 1 aliphatic heterocycles. The van der Waals surface area contributed by atoms with Crippen molar-refractivity contribution in [3.63, 3.8) is 0 Å². The van der Waals surface area contributed by atoms with E-state index in [1.165, 1.54) is 4.31 Å². The Bertz CT molecular complexity index is 1010. The van der Waals surface area contributed by atoms with Gasteiger partial charge in [-0.25, -0.2) is 8.42 Å². The molecule has 1 fully saturated rings. The number of benzene rings is 2. The van der Waals surface area contributed by atoms with Crippen LogP contribution in [0.25, 0.3) is 0 Å². The normalized spacial score (nSPS) is 15.9. The molecule has 0 aliphatic carbocycles. The van der Waals surface area contributed by atoms with Gasteiger partial charge in [0.2, 0.25) is 21.8 Å². The van der Waals surface area contributed by atoms with E-state index in [1.54, 1.807) is 17.0 Å². The van der Waals surface area contributed by atoms with Gasteiger partial charge in [-0.15, -0.1) is 0 Å². The minimum absolute atomic E-state index is 0.0878. The second-order valence-corrected chi connectivity index (χ2v) is 10.0. The lowest BCUT2D eigenvalue weighted by molar-refractivity contribution is -0.133. The first kappa shape index (κ1) is 23.9. The maximum atomic E-state index is 13.0. The van der Waals surface area contributed by atoms with Gasteiger partial charge in [0, 0.05) is 26.2 Å². The Morgan fingerprint density at radius 3 is 2.19 bits per heavy atom. The summed E-state index contributed by atoms with van der Waals surface area (Å²) in [7, 11) is -3.60. The van der Waals surface area contributed by atoms with E-state index in [0.717, 1.165) is 17.5 Å². The van der Waals surface area contributed by atoms with Crippen molar-refractivity contribution in [2.45, 2.75) is 37.5 Å². The van der Waals surface area contributed by atoms with Gasteiger partial charge in [-0.2, -0.15) is 4.31 Å². The van der Waals surface area contributed by atoms with Crippen LogP contribution in [0.4, 0.5) is 0 Å². The monoisotopic (exact) mass is 457 g/mol. The van der Waals surface area contributed by atoms with Gasteiger partial charge in [0.05, 0.1) is 17.9 Å². The molecule has 0 radical (unpaired) electrons.